The van der Waals surface area contributed by atoms with Gasteiger partial charge < -0.3 is 5.32 Å². The van der Waals surface area contributed by atoms with E-state index in [2.05, 4.69) is 21.2 Å². The smallest absolute Gasteiger partial charge is 0.220 e. The largest absolute Gasteiger partial charge is 0.350 e. The van der Waals surface area contributed by atoms with Crippen LogP contribution in [-0.4, -0.2) is 5.91 Å². The first-order valence-electron chi connectivity index (χ1n) is 4.68. The summed E-state index contributed by atoms with van der Waals surface area (Å²) in [5, 5.41) is 2.91. The van der Waals surface area contributed by atoms with Crippen molar-refractivity contribution in [2.75, 3.05) is 0 Å². The summed E-state index contributed by atoms with van der Waals surface area (Å²) in [6.07, 6.45) is 0.529. The second-order valence-electron chi connectivity index (χ2n) is 3.19. The number of halogens is 1. The molecular formula is C11H14BrNO. The highest BCUT2D eigenvalue weighted by Crippen LogP contribution is 2.16. The Hall–Kier alpha value is -0.830. The molecule has 1 aromatic carbocycles. The predicted molar refractivity (Wildman–Crippen MR) is 61.0 cm³/mol. The summed E-state index contributed by atoms with van der Waals surface area (Å²) in [6.45, 7) is 3.83. The van der Waals surface area contributed by atoms with Crippen LogP contribution in [0.15, 0.2) is 28.7 Å². The first kappa shape index (κ1) is 11.2. The fourth-order valence-electron chi connectivity index (χ4n) is 1.18. The van der Waals surface area contributed by atoms with E-state index in [-0.39, 0.29) is 11.9 Å². The van der Waals surface area contributed by atoms with Gasteiger partial charge in [0.25, 0.3) is 0 Å². The maximum absolute atomic E-state index is 11.1. The van der Waals surface area contributed by atoms with E-state index >= 15 is 0 Å². The minimum absolute atomic E-state index is 0.0792. The summed E-state index contributed by atoms with van der Waals surface area (Å²) in [6, 6.07) is 8.04. The van der Waals surface area contributed by atoms with Gasteiger partial charge in [-0.1, -0.05) is 35.0 Å². The molecule has 76 valence electrons. The zero-order chi connectivity index (χ0) is 10.6. The Morgan fingerprint density at radius 1 is 1.43 bits per heavy atom. The van der Waals surface area contributed by atoms with Gasteiger partial charge in [0.15, 0.2) is 0 Å². The normalized spacial score (nSPS) is 12.2. The quantitative estimate of drug-likeness (QED) is 0.884. The van der Waals surface area contributed by atoms with E-state index in [0.717, 1.165) is 10.0 Å². The van der Waals surface area contributed by atoms with Crippen molar-refractivity contribution in [1.29, 1.82) is 0 Å². The van der Waals surface area contributed by atoms with Gasteiger partial charge in [-0.05, 0) is 24.6 Å². The number of hydrogen-bond donors (Lipinski definition) is 1. The molecule has 1 aromatic rings. The Balaban J connectivity index is 2.65. The van der Waals surface area contributed by atoms with E-state index in [4.69, 9.17) is 0 Å². The Kier molecular flexibility index (Phi) is 4.14. The van der Waals surface area contributed by atoms with Gasteiger partial charge in [0.05, 0.1) is 6.04 Å². The van der Waals surface area contributed by atoms with Gasteiger partial charge in [-0.15, -0.1) is 0 Å². The van der Waals surface area contributed by atoms with Crippen LogP contribution in [0.25, 0.3) is 0 Å². The van der Waals surface area contributed by atoms with Crippen molar-refractivity contribution in [3.05, 3.63) is 34.3 Å². The molecular weight excluding hydrogens is 242 g/mol. The maximum Gasteiger partial charge on any atom is 0.220 e. The van der Waals surface area contributed by atoms with Gasteiger partial charge >= 0.3 is 0 Å². The average Bonchev–Trinajstić information content (AvgIpc) is 2.18. The van der Waals surface area contributed by atoms with Crippen LogP contribution in [0.3, 0.4) is 0 Å². The van der Waals surface area contributed by atoms with E-state index in [1.54, 1.807) is 0 Å². The van der Waals surface area contributed by atoms with Crippen LogP contribution in [0.2, 0.25) is 0 Å². The Morgan fingerprint density at radius 2 is 2.00 bits per heavy atom. The van der Waals surface area contributed by atoms with E-state index in [9.17, 15) is 4.79 Å². The molecule has 0 saturated carbocycles. The molecule has 0 aromatic heterocycles. The van der Waals surface area contributed by atoms with Crippen LogP contribution in [0.4, 0.5) is 0 Å². The van der Waals surface area contributed by atoms with Crippen LogP contribution in [0.5, 0.6) is 0 Å². The van der Waals surface area contributed by atoms with Crippen LogP contribution >= 0.6 is 15.9 Å². The van der Waals surface area contributed by atoms with Crippen molar-refractivity contribution >= 4 is 21.8 Å². The zero-order valence-corrected chi connectivity index (χ0v) is 9.97. The lowest BCUT2D eigenvalue weighted by molar-refractivity contribution is -0.121. The van der Waals surface area contributed by atoms with Gasteiger partial charge in [0, 0.05) is 10.9 Å². The van der Waals surface area contributed by atoms with Gasteiger partial charge in [0.2, 0.25) is 5.91 Å². The fraction of sp³-hybridized carbons (Fsp3) is 0.364. The van der Waals surface area contributed by atoms with E-state index in [1.165, 1.54) is 0 Å². The molecule has 0 spiro atoms. The molecule has 1 atom stereocenters. The van der Waals surface area contributed by atoms with Crippen molar-refractivity contribution in [2.45, 2.75) is 26.3 Å². The highest BCUT2D eigenvalue weighted by molar-refractivity contribution is 9.10. The number of hydrogen-bond acceptors (Lipinski definition) is 1. The topological polar surface area (TPSA) is 29.1 Å². The Morgan fingerprint density at radius 3 is 2.50 bits per heavy atom. The van der Waals surface area contributed by atoms with E-state index in [0.29, 0.717) is 6.42 Å². The molecule has 0 aliphatic rings. The molecule has 2 nitrogen and oxygen atoms in total. The van der Waals surface area contributed by atoms with Gasteiger partial charge in [-0.25, -0.2) is 0 Å². The van der Waals surface area contributed by atoms with E-state index < -0.39 is 0 Å². The van der Waals surface area contributed by atoms with Gasteiger partial charge in [0.1, 0.15) is 0 Å². The first-order valence-corrected chi connectivity index (χ1v) is 5.47. The zero-order valence-electron chi connectivity index (χ0n) is 8.38. The summed E-state index contributed by atoms with van der Waals surface area (Å²) in [7, 11) is 0. The van der Waals surface area contributed by atoms with Crippen molar-refractivity contribution in [1.82, 2.24) is 5.32 Å². The molecule has 1 N–H and O–H groups in total. The standard InChI is InChI=1S/C11H14BrNO/c1-3-11(14)13-8(2)9-4-6-10(12)7-5-9/h4-8H,3H2,1-2H3,(H,13,14)/t8-/m1/s1. The molecule has 0 fully saturated rings. The lowest BCUT2D eigenvalue weighted by Crippen LogP contribution is -2.25. The molecule has 3 heteroatoms. The third kappa shape index (κ3) is 3.14. The molecule has 1 amide bonds. The minimum atomic E-state index is 0.0792. The second-order valence-corrected chi connectivity index (χ2v) is 4.11. The monoisotopic (exact) mass is 255 g/mol. The molecule has 14 heavy (non-hydrogen) atoms. The highest BCUT2D eigenvalue weighted by Gasteiger charge is 2.06. The summed E-state index contributed by atoms with van der Waals surface area (Å²) in [5.41, 5.74) is 1.12. The summed E-state index contributed by atoms with van der Waals surface area (Å²) in [4.78, 5) is 11.1. The molecule has 0 aliphatic carbocycles. The fourth-order valence-corrected chi connectivity index (χ4v) is 1.44. The number of carbonyl (C=O) groups is 1. The van der Waals surface area contributed by atoms with Crippen LogP contribution in [-0.2, 0) is 4.79 Å². The number of rotatable bonds is 3. The van der Waals surface area contributed by atoms with Gasteiger partial charge in [-0.2, -0.15) is 0 Å². The molecule has 0 unspecified atom stereocenters. The van der Waals surface area contributed by atoms with Crippen molar-refractivity contribution in [3.8, 4) is 0 Å². The lowest BCUT2D eigenvalue weighted by atomic mass is 10.1. The third-order valence-corrected chi connectivity index (χ3v) is 2.60. The summed E-state index contributed by atoms with van der Waals surface area (Å²) < 4.78 is 1.05. The highest BCUT2D eigenvalue weighted by atomic mass is 79.9. The lowest BCUT2D eigenvalue weighted by Gasteiger charge is -2.13. The number of amides is 1. The minimum Gasteiger partial charge on any atom is -0.350 e. The summed E-state index contributed by atoms with van der Waals surface area (Å²) in [5.74, 6) is 0.0837. The van der Waals surface area contributed by atoms with E-state index in [1.807, 2.05) is 38.1 Å². The van der Waals surface area contributed by atoms with Crippen molar-refractivity contribution in [2.24, 2.45) is 0 Å². The predicted octanol–water partition coefficient (Wildman–Crippen LogP) is 3.04. The number of nitrogens with one attached hydrogen (secondary N) is 1. The van der Waals surface area contributed by atoms with Gasteiger partial charge in [-0.3, -0.25) is 4.79 Å². The molecule has 0 radical (unpaired) electrons. The Labute approximate surface area is 92.8 Å². The molecule has 0 aliphatic heterocycles. The van der Waals surface area contributed by atoms with Crippen LogP contribution in [0.1, 0.15) is 31.9 Å². The maximum atomic E-state index is 11.1. The SMILES string of the molecule is CCC(=O)N[C@H](C)c1ccc(Br)cc1. The number of carbonyl (C=O) groups excluding carboxylic acids is 1. The van der Waals surface area contributed by atoms with Crippen LogP contribution in [0, 0.1) is 0 Å². The first-order chi connectivity index (χ1) is 6.63. The van der Waals surface area contributed by atoms with Crippen molar-refractivity contribution in [3.63, 3.8) is 0 Å². The van der Waals surface area contributed by atoms with Crippen molar-refractivity contribution < 1.29 is 4.79 Å². The average molecular weight is 256 g/mol. The van der Waals surface area contributed by atoms with Crippen LogP contribution < -0.4 is 5.32 Å². The second kappa shape index (κ2) is 5.15. The molecule has 1 rings (SSSR count). The Bertz CT molecular complexity index is 308. The molecule has 0 bridgehead atoms. The third-order valence-electron chi connectivity index (χ3n) is 2.07. The molecule has 0 saturated heterocycles. The molecule has 0 heterocycles. The summed E-state index contributed by atoms with van der Waals surface area (Å²) >= 11 is 3.37. The number of benzene rings is 1.